The van der Waals surface area contributed by atoms with Crippen molar-refractivity contribution >= 4 is 58.3 Å². The monoisotopic (exact) mass is 402 g/mol. The van der Waals surface area contributed by atoms with Crippen LogP contribution in [-0.4, -0.2) is 44.6 Å². The van der Waals surface area contributed by atoms with Crippen LogP contribution in [0.5, 0.6) is 0 Å². The van der Waals surface area contributed by atoms with Gasteiger partial charge in [0.1, 0.15) is 0 Å². The van der Waals surface area contributed by atoms with Gasteiger partial charge in [0, 0.05) is 26.2 Å². The summed E-state index contributed by atoms with van der Waals surface area (Å²) < 4.78 is 0.944. The molecular weight excluding hydrogens is 383 g/mol. The molecule has 0 N–H and O–H groups in total. The summed E-state index contributed by atoms with van der Waals surface area (Å²) in [6.45, 7) is 17.1. The summed E-state index contributed by atoms with van der Waals surface area (Å²) in [7, 11) is 0. The summed E-state index contributed by atoms with van der Waals surface area (Å²) in [6, 6.07) is 0. The van der Waals surface area contributed by atoms with E-state index < -0.39 is 0 Å². The van der Waals surface area contributed by atoms with Gasteiger partial charge in [-0.25, -0.2) is 0 Å². The molecule has 0 aromatic carbocycles. The Kier molecular flexibility index (Phi) is 21.6. The molecule has 0 saturated heterocycles. The van der Waals surface area contributed by atoms with E-state index in [9.17, 15) is 0 Å². The molecule has 21 heavy (non-hydrogen) atoms. The Balaban J connectivity index is -0.000000295. The van der Waals surface area contributed by atoms with E-state index in [4.69, 9.17) is 49.7 Å². The number of hydrogen-bond acceptors (Lipinski definition) is 4. The Morgan fingerprint density at radius 3 is 1.00 bits per heavy atom. The number of nitrogens with zero attached hydrogens (tertiary/aromatic N) is 2. The molecule has 0 bridgehead atoms. The maximum absolute atomic E-state index is 4.79. The second kappa shape index (κ2) is 17.7. The van der Waals surface area contributed by atoms with E-state index in [1.165, 1.54) is 0 Å². The largest absolute Gasteiger partial charge is 2.00 e. The van der Waals surface area contributed by atoms with E-state index in [0.717, 1.165) is 0 Å². The first kappa shape index (κ1) is 25.6. The third-order valence-electron chi connectivity index (χ3n) is 1.91. The predicted octanol–water partition coefficient (Wildman–Crippen LogP) is 2.98. The van der Waals surface area contributed by atoms with Gasteiger partial charge < -0.3 is 59.5 Å². The van der Waals surface area contributed by atoms with Crippen molar-refractivity contribution in [2.24, 2.45) is 0 Å². The fourth-order valence-electron chi connectivity index (χ4n) is 1.07. The van der Waals surface area contributed by atoms with Crippen LogP contribution in [0.3, 0.4) is 0 Å². The molecule has 0 amide bonds. The summed E-state index contributed by atoms with van der Waals surface area (Å²) in [5.41, 5.74) is 0. The van der Waals surface area contributed by atoms with Gasteiger partial charge in [-0.3, -0.25) is 0 Å². The maximum atomic E-state index is 4.79. The molecule has 0 aromatic rings. The van der Waals surface area contributed by atoms with Crippen molar-refractivity contribution in [1.29, 1.82) is 0 Å². The van der Waals surface area contributed by atoms with Gasteiger partial charge >= 0.3 is 16.5 Å². The standard InChI is InChI=1S/2C7H11NS2.Ni/c2*1-3-5-8(6-4-2)7(9)10;/h2*3-4H,1-2,5-6H2,(H,9,10);/q;;+2/p-2. The van der Waals surface area contributed by atoms with Gasteiger partial charge in [0.2, 0.25) is 0 Å². The molecule has 0 radical (unpaired) electrons. The second-order valence-electron chi connectivity index (χ2n) is 3.50. The van der Waals surface area contributed by atoms with Crippen LogP contribution in [0.25, 0.3) is 0 Å². The first-order valence-electron chi connectivity index (χ1n) is 5.79. The average Bonchev–Trinajstić information content (AvgIpc) is 2.38. The summed E-state index contributed by atoms with van der Waals surface area (Å²) in [5, 5.41) is 0. The van der Waals surface area contributed by atoms with Crippen LogP contribution in [0.2, 0.25) is 0 Å². The molecule has 0 atom stereocenters. The van der Waals surface area contributed by atoms with E-state index in [2.05, 4.69) is 26.3 Å². The zero-order valence-corrected chi connectivity index (χ0v) is 16.1. The summed E-state index contributed by atoms with van der Waals surface area (Å²) in [4.78, 5) is 3.68. The maximum Gasteiger partial charge on any atom is 2.00 e. The van der Waals surface area contributed by atoms with Crippen LogP contribution in [0.4, 0.5) is 0 Å². The summed E-state index contributed by atoms with van der Waals surface area (Å²) in [6.07, 6.45) is 7.06. The molecule has 0 fully saturated rings. The fraction of sp³-hybridized carbons (Fsp3) is 0.286. The Bertz CT molecular complexity index is 305. The van der Waals surface area contributed by atoms with Crippen molar-refractivity contribution in [3.8, 4) is 0 Å². The van der Waals surface area contributed by atoms with Crippen LogP contribution >= 0.6 is 24.4 Å². The predicted molar refractivity (Wildman–Crippen MR) is 104 cm³/mol. The Morgan fingerprint density at radius 2 is 0.905 bits per heavy atom. The molecule has 0 rings (SSSR count). The topological polar surface area (TPSA) is 6.48 Å². The van der Waals surface area contributed by atoms with Crippen molar-refractivity contribution in [2.75, 3.05) is 26.2 Å². The minimum absolute atomic E-state index is 0. The van der Waals surface area contributed by atoms with Gasteiger partial charge in [0.15, 0.2) is 0 Å². The molecular formula is C14H20N2NiS4. The number of thiocarbonyl (C=S) groups is 2. The van der Waals surface area contributed by atoms with Crippen LogP contribution < -0.4 is 0 Å². The molecule has 120 valence electrons. The molecule has 0 aliphatic rings. The normalized spacial score (nSPS) is 8.00. The molecule has 0 saturated carbocycles. The van der Waals surface area contributed by atoms with E-state index in [1.807, 2.05) is 9.80 Å². The Hall–Kier alpha value is -0.326. The van der Waals surface area contributed by atoms with Crippen LogP contribution in [0, 0.1) is 0 Å². The second-order valence-corrected chi connectivity index (χ2v) is 5.56. The smallest absolute Gasteiger partial charge is 0.411 e. The average molecular weight is 403 g/mol. The van der Waals surface area contributed by atoms with Crippen LogP contribution in [-0.2, 0) is 41.7 Å². The Morgan fingerprint density at radius 1 is 0.714 bits per heavy atom. The third kappa shape index (κ3) is 15.9. The first-order chi connectivity index (χ1) is 9.44. The molecule has 0 aromatic heterocycles. The van der Waals surface area contributed by atoms with E-state index >= 15 is 0 Å². The van der Waals surface area contributed by atoms with Gasteiger partial charge in [-0.2, -0.15) is 0 Å². The van der Waals surface area contributed by atoms with Gasteiger partial charge in [-0.1, -0.05) is 32.9 Å². The molecule has 0 aliphatic carbocycles. The van der Waals surface area contributed by atoms with Crippen molar-refractivity contribution in [3.05, 3.63) is 50.6 Å². The zero-order valence-electron chi connectivity index (χ0n) is 11.8. The first-order valence-corrected chi connectivity index (χ1v) is 7.43. The van der Waals surface area contributed by atoms with E-state index in [0.29, 0.717) is 34.8 Å². The van der Waals surface area contributed by atoms with E-state index in [1.54, 1.807) is 24.3 Å². The zero-order chi connectivity index (χ0) is 16.0. The minimum atomic E-state index is 0. The van der Waals surface area contributed by atoms with Gasteiger partial charge in [-0.15, -0.1) is 26.3 Å². The van der Waals surface area contributed by atoms with Crippen LogP contribution in [0.1, 0.15) is 0 Å². The SMILES string of the molecule is C=CCN(CC=C)C(=S)[S-].C=CCN(CC=C)C(=S)[S-].[Ni+2]. The van der Waals surface area contributed by atoms with Crippen molar-refractivity contribution in [3.63, 3.8) is 0 Å². The summed E-state index contributed by atoms with van der Waals surface area (Å²) in [5.74, 6) is 0. The summed E-state index contributed by atoms with van der Waals surface area (Å²) >= 11 is 19.2. The van der Waals surface area contributed by atoms with Gasteiger partial charge in [0.05, 0.1) is 0 Å². The molecule has 7 heteroatoms. The van der Waals surface area contributed by atoms with Crippen LogP contribution in [0.15, 0.2) is 50.6 Å². The minimum Gasteiger partial charge on any atom is -0.411 e. The molecule has 0 unspecified atom stereocenters. The number of hydrogen-bond donors (Lipinski definition) is 0. The molecule has 2 nitrogen and oxygen atoms in total. The van der Waals surface area contributed by atoms with Crippen molar-refractivity contribution in [2.45, 2.75) is 0 Å². The van der Waals surface area contributed by atoms with Crippen molar-refractivity contribution in [1.82, 2.24) is 9.80 Å². The molecule has 0 spiro atoms. The van der Waals surface area contributed by atoms with E-state index in [-0.39, 0.29) is 16.5 Å². The number of rotatable bonds is 8. The molecule has 0 aliphatic heterocycles. The Labute approximate surface area is 160 Å². The quantitative estimate of drug-likeness (QED) is 0.264. The van der Waals surface area contributed by atoms with Crippen molar-refractivity contribution < 1.29 is 16.5 Å². The third-order valence-corrected chi connectivity index (χ3v) is 2.95. The fourth-order valence-corrected chi connectivity index (χ4v) is 1.67. The molecule has 0 heterocycles. The van der Waals surface area contributed by atoms with Gasteiger partial charge in [0.25, 0.3) is 0 Å². The van der Waals surface area contributed by atoms with Gasteiger partial charge in [-0.05, 0) is 0 Å².